The summed E-state index contributed by atoms with van der Waals surface area (Å²) in [4.78, 5) is 0. The molecule has 20 heavy (non-hydrogen) atoms. The monoisotopic (exact) mass is 277 g/mol. The molecule has 1 unspecified atom stereocenters. The first-order valence-electron chi connectivity index (χ1n) is 6.26. The van der Waals surface area contributed by atoms with E-state index in [4.69, 9.17) is 9.47 Å². The topological polar surface area (TPSA) is 69.4 Å². The van der Waals surface area contributed by atoms with Crippen LogP contribution in [-0.4, -0.2) is 34.3 Å². The third-order valence-corrected chi connectivity index (χ3v) is 3.26. The molecule has 2 aromatic rings. The fourth-order valence-electron chi connectivity index (χ4n) is 2.26. The maximum atomic E-state index is 10.6. The number of methoxy groups -OCH3 is 2. The normalized spacial score (nSPS) is 13.8. The zero-order valence-electron chi connectivity index (χ0n) is 12.1. The summed E-state index contributed by atoms with van der Waals surface area (Å²) < 4.78 is 12.0. The van der Waals surface area contributed by atoms with Gasteiger partial charge in [-0.25, -0.2) is 4.68 Å². The Bertz CT molecular complexity index is 593. The fraction of sp³-hybridized carbons (Fsp3) is 0.429. The summed E-state index contributed by atoms with van der Waals surface area (Å²) in [6.07, 6.45) is 2.00. The predicted molar refractivity (Wildman–Crippen MR) is 73.8 cm³/mol. The Balaban J connectivity index is 2.27. The van der Waals surface area contributed by atoms with Gasteiger partial charge in [-0.1, -0.05) is 11.3 Å². The fourth-order valence-corrected chi connectivity index (χ4v) is 2.26. The Labute approximate surface area is 117 Å². The highest BCUT2D eigenvalue weighted by Gasteiger charge is 2.27. The number of aliphatic hydroxyl groups is 1. The minimum atomic E-state index is -1.06. The summed E-state index contributed by atoms with van der Waals surface area (Å²) in [6.45, 7) is 1.74. The smallest absolute Gasteiger partial charge is 0.160 e. The molecule has 0 saturated heterocycles. The second-order valence-electron chi connectivity index (χ2n) is 4.88. The molecule has 1 aromatic carbocycles. The Morgan fingerprint density at radius 3 is 2.50 bits per heavy atom. The maximum absolute atomic E-state index is 10.6. The van der Waals surface area contributed by atoms with Crippen molar-refractivity contribution < 1.29 is 14.6 Å². The number of nitrogens with zero attached hydrogens (tertiary/aromatic N) is 3. The number of hydrogen-bond donors (Lipinski definition) is 1. The minimum Gasteiger partial charge on any atom is -0.493 e. The lowest BCUT2D eigenvalue weighted by Crippen LogP contribution is -2.27. The number of rotatable bonds is 5. The van der Waals surface area contributed by atoms with Crippen LogP contribution in [0.1, 0.15) is 18.2 Å². The molecule has 0 radical (unpaired) electrons. The second kappa shape index (κ2) is 5.50. The molecule has 0 aliphatic carbocycles. The van der Waals surface area contributed by atoms with Crippen molar-refractivity contribution >= 4 is 0 Å². The van der Waals surface area contributed by atoms with Crippen LogP contribution in [0.4, 0.5) is 0 Å². The highest BCUT2D eigenvalue weighted by molar-refractivity contribution is 5.43. The largest absolute Gasteiger partial charge is 0.493 e. The van der Waals surface area contributed by atoms with E-state index in [1.165, 1.54) is 0 Å². The van der Waals surface area contributed by atoms with Gasteiger partial charge in [0, 0.05) is 13.5 Å². The summed E-state index contributed by atoms with van der Waals surface area (Å²) in [6, 6.07) is 5.59. The van der Waals surface area contributed by atoms with Gasteiger partial charge in [-0.2, -0.15) is 0 Å². The lowest BCUT2D eigenvalue weighted by atomic mass is 9.93. The Kier molecular flexibility index (Phi) is 3.94. The average molecular weight is 277 g/mol. The lowest BCUT2D eigenvalue weighted by molar-refractivity contribution is 0.0489. The minimum absolute atomic E-state index is 0.425. The molecule has 0 bridgehead atoms. The van der Waals surface area contributed by atoms with E-state index < -0.39 is 5.60 Å². The van der Waals surface area contributed by atoms with Gasteiger partial charge in [0.25, 0.3) is 0 Å². The van der Waals surface area contributed by atoms with Gasteiger partial charge >= 0.3 is 0 Å². The molecule has 1 aromatic heterocycles. The van der Waals surface area contributed by atoms with Crippen molar-refractivity contribution in [3.05, 3.63) is 35.7 Å². The van der Waals surface area contributed by atoms with Crippen LogP contribution in [0, 0.1) is 0 Å². The van der Waals surface area contributed by atoms with Crippen molar-refractivity contribution in [3.8, 4) is 11.5 Å². The third-order valence-electron chi connectivity index (χ3n) is 3.26. The Morgan fingerprint density at radius 2 is 1.95 bits per heavy atom. The summed E-state index contributed by atoms with van der Waals surface area (Å²) in [5.74, 6) is 1.31. The summed E-state index contributed by atoms with van der Waals surface area (Å²) in [7, 11) is 4.94. The molecule has 1 N–H and O–H groups in total. The van der Waals surface area contributed by atoms with Crippen molar-refractivity contribution in [1.82, 2.24) is 15.0 Å². The van der Waals surface area contributed by atoms with Gasteiger partial charge < -0.3 is 14.6 Å². The van der Waals surface area contributed by atoms with Gasteiger partial charge in [-0.15, -0.1) is 5.10 Å². The van der Waals surface area contributed by atoms with E-state index >= 15 is 0 Å². The first kappa shape index (κ1) is 14.3. The zero-order valence-corrected chi connectivity index (χ0v) is 12.1. The summed E-state index contributed by atoms with van der Waals surface area (Å²) >= 11 is 0. The van der Waals surface area contributed by atoms with Crippen molar-refractivity contribution in [2.45, 2.75) is 18.9 Å². The van der Waals surface area contributed by atoms with E-state index in [0.717, 1.165) is 5.56 Å². The van der Waals surface area contributed by atoms with E-state index in [9.17, 15) is 5.11 Å². The Hall–Kier alpha value is -2.08. The van der Waals surface area contributed by atoms with Crippen LogP contribution in [-0.2, 0) is 19.1 Å². The standard InChI is InChI=1S/C14H19N3O3/c1-14(18,13-9-15-16-17(13)2)8-10-5-6-11(19-3)12(7-10)20-4/h5-7,9,18H,8H2,1-4H3. The molecule has 0 spiro atoms. The van der Waals surface area contributed by atoms with E-state index in [1.54, 1.807) is 39.1 Å². The van der Waals surface area contributed by atoms with Gasteiger partial charge in [0.15, 0.2) is 11.5 Å². The van der Waals surface area contributed by atoms with E-state index in [1.807, 2.05) is 18.2 Å². The molecule has 0 aliphatic heterocycles. The van der Waals surface area contributed by atoms with Gasteiger partial charge in [-0.3, -0.25) is 0 Å². The van der Waals surface area contributed by atoms with Gasteiger partial charge in [0.05, 0.1) is 26.1 Å². The van der Waals surface area contributed by atoms with Crippen LogP contribution < -0.4 is 9.47 Å². The molecule has 0 aliphatic rings. The molecule has 1 heterocycles. The predicted octanol–water partition coefficient (Wildman–Crippen LogP) is 1.28. The SMILES string of the molecule is COc1ccc(CC(C)(O)c2cnnn2C)cc1OC. The molecule has 6 nitrogen and oxygen atoms in total. The number of aryl methyl sites for hydroxylation is 1. The number of ether oxygens (including phenoxy) is 2. The van der Waals surface area contributed by atoms with Crippen LogP contribution in [0.5, 0.6) is 11.5 Å². The van der Waals surface area contributed by atoms with E-state index in [0.29, 0.717) is 23.6 Å². The molecular formula is C14H19N3O3. The Morgan fingerprint density at radius 1 is 1.25 bits per heavy atom. The van der Waals surface area contributed by atoms with Crippen molar-refractivity contribution in [2.75, 3.05) is 14.2 Å². The summed E-state index contributed by atoms with van der Waals surface area (Å²) in [5.41, 5.74) is 0.541. The number of hydrogen-bond acceptors (Lipinski definition) is 5. The molecule has 108 valence electrons. The molecule has 0 saturated carbocycles. The quantitative estimate of drug-likeness (QED) is 0.891. The average Bonchev–Trinajstić information content (AvgIpc) is 2.85. The maximum Gasteiger partial charge on any atom is 0.160 e. The van der Waals surface area contributed by atoms with Crippen molar-refractivity contribution in [1.29, 1.82) is 0 Å². The second-order valence-corrected chi connectivity index (χ2v) is 4.88. The highest BCUT2D eigenvalue weighted by atomic mass is 16.5. The lowest BCUT2D eigenvalue weighted by Gasteiger charge is -2.23. The zero-order chi connectivity index (χ0) is 14.8. The van der Waals surface area contributed by atoms with E-state index in [-0.39, 0.29) is 0 Å². The van der Waals surface area contributed by atoms with Crippen LogP contribution in [0.3, 0.4) is 0 Å². The first-order chi connectivity index (χ1) is 9.47. The number of benzene rings is 1. The van der Waals surface area contributed by atoms with Crippen LogP contribution >= 0.6 is 0 Å². The van der Waals surface area contributed by atoms with Gasteiger partial charge in [0.1, 0.15) is 5.60 Å². The van der Waals surface area contributed by atoms with Gasteiger partial charge in [-0.05, 0) is 24.6 Å². The molecule has 2 rings (SSSR count). The van der Waals surface area contributed by atoms with Gasteiger partial charge in [0.2, 0.25) is 0 Å². The molecular weight excluding hydrogens is 258 g/mol. The molecule has 0 amide bonds. The third kappa shape index (κ3) is 2.75. The highest BCUT2D eigenvalue weighted by Crippen LogP contribution is 2.31. The first-order valence-corrected chi connectivity index (χ1v) is 6.26. The molecule has 0 fully saturated rings. The molecule has 1 atom stereocenters. The van der Waals surface area contributed by atoms with Crippen molar-refractivity contribution in [3.63, 3.8) is 0 Å². The number of aromatic nitrogens is 3. The van der Waals surface area contributed by atoms with Crippen molar-refractivity contribution in [2.24, 2.45) is 7.05 Å². The van der Waals surface area contributed by atoms with Crippen LogP contribution in [0.15, 0.2) is 24.4 Å². The van der Waals surface area contributed by atoms with Crippen LogP contribution in [0.2, 0.25) is 0 Å². The van der Waals surface area contributed by atoms with Crippen LogP contribution in [0.25, 0.3) is 0 Å². The summed E-state index contributed by atoms with van der Waals surface area (Å²) in [5, 5.41) is 18.3. The molecule has 6 heteroatoms. The van der Waals surface area contributed by atoms with E-state index in [2.05, 4.69) is 10.3 Å².